The molecule has 4 rings (SSSR count). The normalized spacial score (nSPS) is 14.8. The van der Waals surface area contributed by atoms with Crippen LogP contribution in [0, 0.1) is 0 Å². The molecule has 3 aromatic rings. The SMILES string of the molecule is CCOc1ccccc1N(CC(=O)Nc1ccc(S(=O)(=O)N2CCCCCC2)cc1)S(=O)(=O)c1ccc(Cl)cc1. The lowest BCUT2D eigenvalue weighted by Crippen LogP contribution is -2.38. The fraction of sp³-hybridized carbons (Fsp3) is 0.321. The molecule has 214 valence electrons. The molecule has 0 radical (unpaired) electrons. The summed E-state index contributed by atoms with van der Waals surface area (Å²) in [6.45, 7) is 2.50. The number of carbonyl (C=O) groups excluding carboxylic acids is 1. The highest BCUT2D eigenvalue weighted by Crippen LogP contribution is 2.33. The Bertz CT molecular complexity index is 1520. The summed E-state index contributed by atoms with van der Waals surface area (Å²) < 4.78 is 61.7. The molecule has 9 nitrogen and oxygen atoms in total. The molecule has 1 aliphatic heterocycles. The van der Waals surface area contributed by atoms with Gasteiger partial charge in [0.2, 0.25) is 15.9 Å². The van der Waals surface area contributed by atoms with E-state index in [0.29, 0.717) is 36.2 Å². The van der Waals surface area contributed by atoms with Gasteiger partial charge >= 0.3 is 0 Å². The number of anilines is 2. The molecule has 1 N–H and O–H groups in total. The van der Waals surface area contributed by atoms with Crippen molar-refractivity contribution in [2.45, 2.75) is 42.4 Å². The zero-order valence-electron chi connectivity index (χ0n) is 22.1. The van der Waals surface area contributed by atoms with Crippen molar-refractivity contribution in [3.05, 3.63) is 77.8 Å². The number of halogens is 1. The molecular formula is C28H32ClN3O6S2. The van der Waals surface area contributed by atoms with E-state index in [9.17, 15) is 21.6 Å². The Morgan fingerprint density at radius 3 is 2.10 bits per heavy atom. The number of amides is 1. The molecule has 0 aliphatic carbocycles. The van der Waals surface area contributed by atoms with E-state index in [2.05, 4.69) is 5.32 Å². The number of carbonyl (C=O) groups is 1. The minimum Gasteiger partial charge on any atom is -0.492 e. The van der Waals surface area contributed by atoms with Gasteiger partial charge in [-0.1, -0.05) is 36.6 Å². The third-order valence-corrected chi connectivity index (χ3v) is 10.4. The molecule has 1 saturated heterocycles. The Labute approximate surface area is 240 Å². The fourth-order valence-electron chi connectivity index (χ4n) is 4.45. The van der Waals surface area contributed by atoms with E-state index in [1.807, 2.05) is 0 Å². The van der Waals surface area contributed by atoms with Crippen LogP contribution in [0.3, 0.4) is 0 Å². The van der Waals surface area contributed by atoms with E-state index < -0.39 is 32.5 Å². The number of nitrogens with one attached hydrogen (secondary N) is 1. The molecule has 0 spiro atoms. The Balaban J connectivity index is 1.57. The van der Waals surface area contributed by atoms with Crippen molar-refractivity contribution in [2.24, 2.45) is 0 Å². The van der Waals surface area contributed by atoms with Crippen molar-refractivity contribution < 1.29 is 26.4 Å². The summed E-state index contributed by atoms with van der Waals surface area (Å²) in [5.41, 5.74) is 0.537. The molecule has 1 heterocycles. The molecule has 3 aromatic carbocycles. The van der Waals surface area contributed by atoms with Gasteiger partial charge in [0.1, 0.15) is 12.3 Å². The van der Waals surface area contributed by atoms with Crippen LogP contribution in [-0.2, 0) is 24.8 Å². The number of rotatable bonds is 10. The van der Waals surface area contributed by atoms with E-state index in [4.69, 9.17) is 16.3 Å². The Morgan fingerprint density at radius 2 is 1.48 bits per heavy atom. The van der Waals surface area contributed by atoms with E-state index in [1.54, 1.807) is 31.2 Å². The Kier molecular flexibility index (Phi) is 9.72. The van der Waals surface area contributed by atoms with Crippen LogP contribution in [0.5, 0.6) is 5.75 Å². The van der Waals surface area contributed by atoms with Crippen LogP contribution in [0.25, 0.3) is 0 Å². The molecular weight excluding hydrogens is 574 g/mol. The number of benzene rings is 3. The van der Waals surface area contributed by atoms with Gasteiger partial charge < -0.3 is 10.1 Å². The predicted octanol–water partition coefficient (Wildman–Crippen LogP) is 5.14. The molecule has 1 fully saturated rings. The molecule has 0 aromatic heterocycles. The number of para-hydroxylation sites is 2. The first-order valence-corrected chi connectivity index (χ1v) is 16.3. The maximum atomic E-state index is 13.7. The first kappa shape index (κ1) is 29.9. The number of ether oxygens (including phenoxy) is 1. The van der Waals surface area contributed by atoms with Crippen molar-refractivity contribution in [2.75, 3.05) is 35.9 Å². The van der Waals surface area contributed by atoms with Crippen molar-refractivity contribution in [3.8, 4) is 5.75 Å². The monoisotopic (exact) mass is 605 g/mol. The largest absolute Gasteiger partial charge is 0.492 e. The van der Waals surface area contributed by atoms with E-state index in [0.717, 1.165) is 30.0 Å². The van der Waals surface area contributed by atoms with Crippen LogP contribution < -0.4 is 14.4 Å². The molecule has 12 heteroatoms. The van der Waals surface area contributed by atoms with Crippen molar-refractivity contribution >= 4 is 48.9 Å². The second-order valence-corrected chi connectivity index (χ2v) is 13.5. The standard InChI is InChI=1S/C28H32ClN3O6S2/c1-2-38-27-10-6-5-9-26(27)32(40(36,37)25-15-11-22(29)12-16-25)21-28(33)30-23-13-17-24(18-14-23)39(34,35)31-19-7-3-4-8-20-31/h5-6,9-18H,2-4,7-8,19-21H2,1H3,(H,30,33). The van der Waals surface area contributed by atoms with E-state index in [1.165, 1.54) is 52.8 Å². The van der Waals surface area contributed by atoms with Gasteiger partial charge in [0.05, 0.1) is 22.1 Å². The Hall–Kier alpha value is -3.12. The third kappa shape index (κ3) is 6.95. The highest BCUT2D eigenvalue weighted by atomic mass is 35.5. The van der Waals surface area contributed by atoms with Crippen molar-refractivity contribution in [1.29, 1.82) is 0 Å². The lowest BCUT2D eigenvalue weighted by molar-refractivity contribution is -0.114. The Morgan fingerprint density at radius 1 is 0.875 bits per heavy atom. The topological polar surface area (TPSA) is 113 Å². The summed E-state index contributed by atoms with van der Waals surface area (Å²) in [7, 11) is -7.83. The van der Waals surface area contributed by atoms with Crippen LogP contribution in [-0.4, -0.2) is 53.3 Å². The van der Waals surface area contributed by atoms with Crippen molar-refractivity contribution in [3.63, 3.8) is 0 Å². The van der Waals surface area contributed by atoms with Gasteiger partial charge in [0.25, 0.3) is 10.0 Å². The molecule has 0 saturated carbocycles. The summed E-state index contributed by atoms with van der Waals surface area (Å²) in [5, 5.41) is 3.05. The van der Waals surface area contributed by atoms with Crippen LogP contribution in [0.15, 0.2) is 82.6 Å². The molecule has 40 heavy (non-hydrogen) atoms. The fourth-order valence-corrected chi connectivity index (χ4v) is 7.52. The minimum atomic E-state index is -4.19. The van der Waals surface area contributed by atoms with Gasteiger partial charge in [-0.15, -0.1) is 0 Å². The first-order valence-electron chi connectivity index (χ1n) is 13.0. The second-order valence-electron chi connectivity index (χ2n) is 9.26. The van der Waals surface area contributed by atoms with Gasteiger partial charge in [-0.25, -0.2) is 16.8 Å². The zero-order chi connectivity index (χ0) is 28.8. The van der Waals surface area contributed by atoms with Crippen LogP contribution in [0.2, 0.25) is 5.02 Å². The number of sulfonamides is 2. The molecule has 0 unspecified atom stereocenters. The second kappa shape index (κ2) is 13.0. The summed E-state index contributed by atoms with van der Waals surface area (Å²) in [6.07, 6.45) is 3.68. The molecule has 1 aliphatic rings. The molecule has 0 atom stereocenters. The maximum Gasteiger partial charge on any atom is 0.264 e. The lowest BCUT2D eigenvalue weighted by Gasteiger charge is -2.26. The first-order chi connectivity index (χ1) is 19.1. The number of hydrogen-bond donors (Lipinski definition) is 1. The number of nitrogens with zero attached hydrogens (tertiary/aromatic N) is 2. The van der Waals surface area contributed by atoms with Gasteiger partial charge in [-0.05, 0) is 80.4 Å². The average molecular weight is 606 g/mol. The summed E-state index contributed by atoms with van der Waals surface area (Å²) >= 11 is 5.96. The van der Waals surface area contributed by atoms with E-state index in [-0.39, 0.29) is 15.5 Å². The van der Waals surface area contributed by atoms with E-state index >= 15 is 0 Å². The number of hydrogen-bond acceptors (Lipinski definition) is 6. The highest BCUT2D eigenvalue weighted by molar-refractivity contribution is 7.93. The van der Waals surface area contributed by atoms with Gasteiger partial charge in [0.15, 0.2) is 0 Å². The van der Waals surface area contributed by atoms with Gasteiger partial charge in [0, 0.05) is 23.8 Å². The summed E-state index contributed by atoms with van der Waals surface area (Å²) in [6, 6.07) is 18.1. The van der Waals surface area contributed by atoms with Gasteiger partial charge in [-0.3, -0.25) is 9.10 Å². The summed E-state index contributed by atoms with van der Waals surface area (Å²) in [5.74, 6) is -0.314. The quantitative estimate of drug-likeness (QED) is 0.342. The highest BCUT2D eigenvalue weighted by Gasteiger charge is 2.30. The maximum absolute atomic E-state index is 13.7. The smallest absolute Gasteiger partial charge is 0.264 e. The molecule has 1 amide bonds. The van der Waals surface area contributed by atoms with Crippen molar-refractivity contribution in [1.82, 2.24) is 4.31 Å². The third-order valence-electron chi connectivity index (χ3n) is 6.46. The minimum absolute atomic E-state index is 0.0425. The van der Waals surface area contributed by atoms with Gasteiger partial charge in [-0.2, -0.15) is 4.31 Å². The average Bonchev–Trinajstić information content (AvgIpc) is 3.23. The lowest BCUT2D eigenvalue weighted by atomic mass is 10.2. The summed E-state index contributed by atoms with van der Waals surface area (Å²) in [4.78, 5) is 13.3. The predicted molar refractivity (Wildman–Crippen MR) is 156 cm³/mol. The zero-order valence-corrected chi connectivity index (χ0v) is 24.5. The molecule has 0 bridgehead atoms. The van der Waals surface area contributed by atoms with Crippen LogP contribution in [0.4, 0.5) is 11.4 Å². The van der Waals surface area contributed by atoms with Crippen LogP contribution >= 0.6 is 11.6 Å². The van der Waals surface area contributed by atoms with Crippen LogP contribution in [0.1, 0.15) is 32.6 Å².